The van der Waals surface area contributed by atoms with Crippen LogP contribution in [0.15, 0.2) is 69.9 Å². The molecular weight excluding hydrogens is 764 g/mol. The minimum atomic E-state index is -1.99. The first-order valence-electron chi connectivity index (χ1n) is 17.1. The van der Waals surface area contributed by atoms with Crippen LogP contribution in [0.4, 0.5) is 0 Å². The topological polar surface area (TPSA) is 336 Å². The summed E-state index contributed by atoms with van der Waals surface area (Å²) in [6.45, 7) is -1.49. The minimum absolute atomic E-state index is 0.144. The van der Waals surface area contributed by atoms with E-state index in [2.05, 4.69) is 0 Å². The molecule has 2 aliphatic rings. The van der Waals surface area contributed by atoms with Crippen molar-refractivity contribution in [3.63, 3.8) is 0 Å². The molecule has 0 spiro atoms. The third-order valence-electron chi connectivity index (χ3n) is 9.17. The summed E-state index contributed by atoms with van der Waals surface area (Å²) in [5.74, 6) is -5.17. The monoisotopic (exact) mass is 802 g/mol. The molecule has 0 bridgehead atoms. The first-order valence-corrected chi connectivity index (χ1v) is 17.1. The number of ether oxygens (including phenoxy) is 5. The van der Waals surface area contributed by atoms with Gasteiger partial charge in [0.25, 0.3) is 0 Å². The van der Waals surface area contributed by atoms with E-state index in [0.717, 1.165) is 30.3 Å². The van der Waals surface area contributed by atoms with Crippen molar-refractivity contribution < 1.29 is 94.2 Å². The third kappa shape index (κ3) is 8.54. The smallest absolute Gasteiger partial charge is 0.330 e. The van der Waals surface area contributed by atoms with Crippen molar-refractivity contribution in [2.75, 3.05) is 13.2 Å². The molecular formula is C37H38O20. The van der Waals surface area contributed by atoms with Crippen molar-refractivity contribution >= 4 is 16.9 Å². The molecule has 3 aromatic carbocycles. The molecule has 57 heavy (non-hydrogen) atoms. The molecule has 12 N–H and O–H groups in total. The van der Waals surface area contributed by atoms with Crippen molar-refractivity contribution in [1.29, 1.82) is 0 Å². The Morgan fingerprint density at radius 1 is 0.702 bits per heavy atom. The van der Waals surface area contributed by atoms with Gasteiger partial charge in [-0.15, -0.1) is 0 Å². The number of hydrogen-bond donors (Lipinski definition) is 12. The highest BCUT2D eigenvalue weighted by Crippen LogP contribution is 2.41. The van der Waals surface area contributed by atoms with Gasteiger partial charge in [0.2, 0.25) is 23.8 Å². The predicted octanol–water partition coefficient (Wildman–Crippen LogP) is -1.30. The van der Waals surface area contributed by atoms with Gasteiger partial charge in [-0.25, -0.2) is 4.79 Å². The molecule has 2 fully saturated rings. The van der Waals surface area contributed by atoms with Gasteiger partial charge in [0, 0.05) is 23.8 Å². The SMILES string of the molecule is O=C(C=CCc1ccc(O)c(O)c1)OCC1OC(Oc2cc(-c3oc4cc(O)cc(O)c4c(=O)c3OC3OC(CO)C(O)C(O)C3O)ccc2O)C(O)C(O)C1O. The second kappa shape index (κ2) is 16.8. The molecule has 0 radical (unpaired) electrons. The molecule has 306 valence electrons. The van der Waals surface area contributed by atoms with Crippen LogP contribution in [-0.4, -0.2) is 142 Å². The van der Waals surface area contributed by atoms with Crippen LogP contribution in [0.5, 0.6) is 40.2 Å². The molecule has 0 amide bonds. The number of aliphatic hydroxyl groups excluding tert-OH is 7. The van der Waals surface area contributed by atoms with Crippen LogP contribution in [0.3, 0.4) is 0 Å². The Hall–Kier alpha value is -5.68. The molecule has 1 aromatic heterocycles. The second-order valence-corrected chi connectivity index (χ2v) is 13.1. The number of hydrogen-bond acceptors (Lipinski definition) is 20. The van der Waals surface area contributed by atoms with Crippen molar-refractivity contribution in [3.05, 3.63) is 76.5 Å². The van der Waals surface area contributed by atoms with Gasteiger partial charge in [0.1, 0.15) is 77.9 Å². The van der Waals surface area contributed by atoms with Gasteiger partial charge in [-0.1, -0.05) is 12.1 Å². The number of phenolic OH excluding ortho intramolecular Hbond substituents is 5. The maximum atomic E-state index is 13.8. The zero-order valence-corrected chi connectivity index (χ0v) is 29.3. The van der Waals surface area contributed by atoms with E-state index in [1.54, 1.807) is 0 Å². The number of aromatic hydroxyl groups is 5. The maximum Gasteiger partial charge on any atom is 0.330 e. The quantitative estimate of drug-likeness (QED) is 0.0476. The molecule has 6 rings (SSSR count). The van der Waals surface area contributed by atoms with E-state index in [-0.39, 0.29) is 29.1 Å². The Morgan fingerprint density at radius 2 is 1.35 bits per heavy atom. The Bertz CT molecular complexity index is 2180. The summed E-state index contributed by atoms with van der Waals surface area (Å²) < 4.78 is 33.3. The van der Waals surface area contributed by atoms with E-state index < -0.39 is 126 Å². The summed E-state index contributed by atoms with van der Waals surface area (Å²) in [5, 5.41) is 123. The number of rotatable bonds is 11. The molecule has 2 saturated heterocycles. The van der Waals surface area contributed by atoms with E-state index in [9.17, 15) is 70.9 Å². The number of fused-ring (bicyclic) bond motifs is 1. The highest BCUT2D eigenvalue weighted by molar-refractivity contribution is 5.88. The van der Waals surface area contributed by atoms with E-state index in [0.29, 0.717) is 5.56 Å². The summed E-state index contributed by atoms with van der Waals surface area (Å²) >= 11 is 0. The lowest BCUT2D eigenvalue weighted by atomic mass is 9.99. The van der Waals surface area contributed by atoms with Crippen LogP contribution in [0.2, 0.25) is 0 Å². The van der Waals surface area contributed by atoms with Gasteiger partial charge in [0.05, 0.1) is 6.61 Å². The molecule has 20 nitrogen and oxygen atoms in total. The lowest BCUT2D eigenvalue weighted by molar-refractivity contribution is -0.278. The maximum absolute atomic E-state index is 13.8. The lowest BCUT2D eigenvalue weighted by Crippen LogP contribution is -2.60. The average molecular weight is 803 g/mol. The number of carbonyl (C=O) groups excluding carboxylic acids is 1. The minimum Gasteiger partial charge on any atom is -0.508 e. The van der Waals surface area contributed by atoms with E-state index in [4.69, 9.17) is 28.1 Å². The third-order valence-corrected chi connectivity index (χ3v) is 9.17. The number of aliphatic hydroxyl groups is 7. The molecule has 10 atom stereocenters. The van der Waals surface area contributed by atoms with Gasteiger partial charge < -0.3 is 89.4 Å². The molecule has 4 aromatic rings. The number of phenols is 5. The van der Waals surface area contributed by atoms with Gasteiger partial charge in [-0.2, -0.15) is 0 Å². The Kier molecular flexibility index (Phi) is 12.1. The van der Waals surface area contributed by atoms with Crippen LogP contribution < -0.4 is 14.9 Å². The molecule has 20 heteroatoms. The lowest BCUT2D eigenvalue weighted by Gasteiger charge is -2.40. The van der Waals surface area contributed by atoms with Gasteiger partial charge in [-0.05, 0) is 42.3 Å². The number of allylic oxidation sites excluding steroid dienone is 1. The van der Waals surface area contributed by atoms with E-state index in [1.165, 1.54) is 30.3 Å². The largest absolute Gasteiger partial charge is 0.508 e. The van der Waals surface area contributed by atoms with Crippen LogP contribution >= 0.6 is 0 Å². The van der Waals surface area contributed by atoms with Crippen LogP contribution in [0.25, 0.3) is 22.3 Å². The van der Waals surface area contributed by atoms with Gasteiger partial charge >= 0.3 is 5.97 Å². The van der Waals surface area contributed by atoms with Crippen molar-refractivity contribution in [1.82, 2.24) is 0 Å². The highest BCUT2D eigenvalue weighted by Gasteiger charge is 2.47. The zero-order valence-electron chi connectivity index (χ0n) is 29.3. The van der Waals surface area contributed by atoms with Crippen molar-refractivity contribution in [3.8, 4) is 51.6 Å². The van der Waals surface area contributed by atoms with Crippen molar-refractivity contribution in [2.45, 2.75) is 67.8 Å². The van der Waals surface area contributed by atoms with E-state index in [1.807, 2.05) is 0 Å². The average Bonchev–Trinajstić information content (AvgIpc) is 3.17. The number of benzene rings is 3. The standard InChI is InChI=1S/C37H38O20/c38-12-23-27(45)30(48)33(51)37(55-23)57-35-29(47)26-20(43)10-16(39)11-22(26)53-34(35)15-5-7-18(41)21(9-15)54-36-32(50)31(49)28(46)24(56-36)13-52-25(44)3-1-2-14-4-6-17(40)19(42)8-14/h1,3-11,23-24,27-28,30-33,36-43,45-46,48-51H,2,12-13H2. The van der Waals surface area contributed by atoms with E-state index >= 15 is 0 Å². The first kappa shape index (κ1) is 41.0. The Balaban J connectivity index is 1.25. The molecule has 3 heterocycles. The van der Waals surface area contributed by atoms with Crippen LogP contribution in [-0.2, 0) is 25.4 Å². The van der Waals surface area contributed by atoms with Crippen LogP contribution in [0.1, 0.15) is 5.56 Å². The normalized spacial score (nSPS) is 27.7. The summed E-state index contributed by atoms with van der Waals surface area (Å²) in [6, 6.07) is 9.17. The first-order chi connectivity index (χ1) is 27.1. The summed E-state index contributed by atoms with van der Waals surface area (Å²) in [4.78, 5) is 26.2. The fourth-order valence-corrected chi connectivity index (χ4v) is 6.07. The number of carbonyl (C=O) groups is 1. The molecule has 10 unspecified atom stereocenters. The van der Waals surface area contributed by atoms with Gasteiger partial charge in [-0.3, -0.25) is 4.79 Å². The predicted molar refractivity (Wildman–Crippen MR) is 188 cm³/mol. The fraction of sp³-hybridized carbons (Fsp3) is 0.351. The molecule has 0 aliphatic carbocycles. The van der Waals surface area contributed by atoms with Crippen LogP contribution in [0, 0.1) is 0 Å². The Morgan fingerprint density at radius 3 is 2.04 bits per heavy atom. The molecule has 0 saturated carbocycles. The second-order valence-electron chi connectivity index (χ2n) is 13.1. The fourth-order valence-electron chi connectivity index (χ4n) is 6.07. The highest BCUT2D eigenvalue weighted by atomic mass is 16.7. The molecule has 2 aliphatic heterocycles. The summed E-state index contributed by atoms with van der Waals surface area (Å²) in [7, 11) is 0. The number of esters is 1. The summed E-state index contributed by atoms with van der Waals surface area (Å²) in [5.41, 5.74) is -1.05. The summed E-state index contributed by atoms with van der Waals surface area (Å²) in [6.07, 6.45) is -15.4. The van der Waals surface area contributed by atoms with Gasteiger partial charge in [0.15, 0.2) is 28.8 Å². The zero-order chi connectivity index (χ0) is 41.3. The Labute approximate surface area is 320 Å². The van der Waals surface area contributed by atoms with Crippen molar-refractivity contribution in [2.24, 2.45) is 0 Å².